The highest BCUT2D eigenvalue weighted by Crippen LogP contribution is 2.43. The fourth-order valence-corrected chi connectivity index (χ4v) is 4.30. The molecule has 154 valence electrons. The molecular weight excluding hydrogens is 368 g/mol. The van der Waals surface area contributed by atoms with Gasteiger partial charge in [-0.15, -0.1) is 0 Å². The second kappa shape index (κ2) is 7.21. The summed E-state index contributed by atoms with van der Waals surface area (Å²) >= 11 is 0. The van der Waals surface area contributed by atoms with Crippen LogP contribution in [0.5, 0.6) is 11.5 Å². The molecule has 0 saturated carbocycles. The van der Waals surface area contributed by atoms with Crippen molar-refractivity contribution in [1.82, 2.24) is 14.9 Å². The first-order valence-electron chi connectivity index (χ1n) is 10.1. The van der Waals surface area contributed by atoms with Gasteiger partial charge in [-0.05, 0) is 56.9 Å². The molecular formula is C22H28N4O3. The second-order valence-electron chi connectivity index (χ2n) is 8.19. The summed E-state index contributed by atoms with van der Waals surface area (Å²) in [5.74, 6) is 1.82. The summed E-state index contributed by atoms with van der Waals surface area (Å²) in [6, 6.07) is 1.80. The zero-order chi connectivity index (χ0) is 20.8. The fourth-order valence-electron chi connectivity index (χ4n) is 4.30. The van der Waals surface area contributed by atoms with Gasteiger partial charge in [0.1, 0.15) is 11.5 Å². The summed E-state index contributed by atoms with van der Waals surface area (Å²) < 4.78 is 6.35. The minimum Gasteiger partial charge on any atom is -0.507 e. The van der Waals surface area contributed by atoms with Gasteiger partial charge in [0.25, 0.3) is 5.91 Å². The van der Waals surface area contributed by atoms with Crippen molar-refractivity contribution in [2.24, 2.45) is 0 Å². The van der Waals surface area contributed by atoms with E-state index in [1.165, 1.54) is 0 Å². The van der Waals surface area contributed by atoms with Crippen LogP contribution in [0.4, 0.5) is 5.95 Å². The molecule has 3 heterocycles. The van der Waals surface area contributed by atoms with Crippen LogP contribution in [0.2, 0.25) is 0 Å². The van der Waals surface area contributed by atoms with Crippen molar-refractivity contribution >= 4 is 11.9 Å². The number of amides is 1. The smallest absolute Gasteiger partial charge is 0.266 e. The zero-order valence-electron chi connectivity index (χ0n) is 17.5. The largest absolute Gasteiger partial charge is 0.507 e. The summed E-state index contributed by atoms with van der Waals surface area (Å²) in [4.78, 5) is 26.0. The van der Waals surface area contributed by atoms with E-state index < -0.39 is 5.60 Å². The molecule has 1 aromatic heterocycles. The van der Waals surface area contributed by atoms with Gasteiger partial charge in [0, 0.05) is 50.6 Å². The maximum Gasteiger partial charge on any atom is 0.266 e. The third kappa shape index (κ3) is 3.28. The molecule has 7 heteroatoms. The van der Waals surface area contributed by atoms with Crippen molar-refractivity contribution < 1.29 is 14.6 Å². The summed E-state index contributed by atoms with van der Waals surface area (Å²) in [5.41, 5.74) is 2.71. The molecule has 4 rings (SSSR count). The van der Waals surface area contributed by atoms with Gasteiger partial charge in [0.2, 0.25) is 5.95 Å². The van der Waals surface area contributed by atoms with Crippen molar-refractivity contribution in [2.45, 2.75) is 46.1 Å². The highest BCUT2D eigenvalue weighted by atomic mass is 16.5. The number of aromatic hydroxyl groups is 1. The molecule has 2 aliphatic heterocycles. The van der Waals surface area contributed by atoms with Crippen LogP contribution >= 0.6 is 0 Å². The molecule has 0 radical (unpaired) electrons. The van der Waals surface area contributed by atoms with E-state index in [-0.39, 0.29) is 5.91 Å². The van der Waals surface area contributed by atoms with Gasteiger partial charge < -0.3 is 19.6 Å². The molecule has 0 bridgehead atoms. The molecule has 1 saturated heterocycles. The number of carbonyl (C=O) groups excluding carboxylic acids is 1. The molecule has 2 aliphatic rings. The monoisotopic (exact) mass is 396 g/mol. The van der Waals surface area contributed by atoms with Gasteiger partial charge in [0.05, 0.1) is 0 Å². The average Bonchev–Trinajstić information content (AvgIpc) is 2.76. The molecule has 0 aliphatic carbocycles. The number of nitrogens with zero attached hydrogens (tertiary/aromatic N) is 4. The lowest BCUT2D eigenvalue weighted by Crippen LogP contribution is -2.58. The Bertz CT molecular complexity index is 939. The van der Waals surface area contributed by atoms with Gasteiger partial charge >= 0.3 is 0 Å². The van der Waals surface area contributed by atoms with Gasteiger partial charge in [0.15, 0.2) is 5.60 Å². The van der Waals surface area contributed by atoms with Crippen LogP contribution in [0, 0.1) is 20.8 Å². The average molecular weight is 396 g/mol. The summed E-state index contributed by atoms with van der Waals surface area (Å²) in [6.07, 6.45) is 4.79. The Hall–Kier alpha value is -2.83. The van der Waals surface area contributed by atoms with E-state index in [1.54, 1.807) is 18.5 Å². The number of hydrogen-bond acceptors (Lipinski definition) is 6. The quantitative estimate of drug-likeness (QED) is 0.841. The van der Waals surface area contributed by atoms with Crippen molar-refractivity contribution in [2.75, 3.05) is 31.1 Å². The molecule has 1 fully saturated rings. The fraction of sp³-hybridized carbons (Fsp3) is 0.500. The molecule has 1 N–H and O–H groups in total. The Morgan fingerprint density at radius 3 is 2.38 bits per heavy atom. The van der Waals surface area contributed by atoms with Crippen molar-refractivity contribution in [3.63, 3.8) is 0 Å². The minimum atomic E-state index is -0.890. The Morgan fingerprint density at radius 2 is 1.72 bits per heavy atom. The molecule has 1 aromatic carbocycles. The number of rotatable bonds is 2. The lowest BCUT2D eigenvalue weighted by atomic mass is 9.86. The van der Waals surface area contributed by atoms with E-state index in [1.807, 2.05) is 32.6 Å². The first-order valence-corrected chi connectivity index (χ1v) is 10.1. The van der Waals surface area contributed by atoms with Crippen LogP contribution in [0.1, 0.15) is 35.6 Å². The number of anilines is 1. The number of fused-ring (bicyclic) bond motifs is 1. The van der Waals surface area contributed by atoms with E-state index in [0.717, 1.165) is 34.4 Å². The number of aromatic nitrogens is 2. The third-order valence-electron chi connectivity index (χ3n) is 6.37. The summed E-state index contributed by atoms with van der Waals surface area (Å²) in [5, 5.41) is 10.4. The third-order valence-corrected chi connectivity index (χ3v) is 6.37. The van der Waals surface area contributed by atoms with E-state index in [9.17, 15) is 9.90 Å². The number of phenols is 1. The van der Waals surface area contributed by atoms with E-state index in [0.29, 0.717) is 44.3 Å². The van der Waals surface area contributed by atoms with Gasteiger partial charge in [-0.25, -0.2) is 9.97 Å². The molecule has 1 unspecified atom stereocenters. The van der Waals surface area contributed by atoms with E-state index >= 15 is 0 Å². The zero-order valence-corrected chi connectivity index (χ0v) is 17.5. The van der Waals surface area contributed by atoms with Crippen LogP contribution in [0.3, 0.4) is 0 Å². The molecule has 1 atom stereocenters. The van der Waals surface area contributed by atoms with Crippen LogP contribution in [0.25, 0.3) is 0 Å². The predicted octanol–water partition coefficient (Wildman–Crippen LogP) is 2.54. The number of piperazine rings is 1. The van der Waals surface area contributed by atoms with E-state index in [4.69, 9.17) is 4.74 Å². The van der Waals surface area contributed by atoms with Gasteiger partial charge in [-0.2, -0.15) is 0 Å². The molecule has 7 nitrogen and oxygen atoms in total. The first kappa shape index (κ1) is 19.5. The van der Waals surface area contributed by atoms with Crippen LogP contribution < -0.4 is 9.64 Å². The number of benzene rings is 1. The highest BCUT2D eigenvalue weighted by molar-refractivity contribution is 5.86. The first-order chi connectivity index (χ1) is 13.8. The standard InChI is InChI=1S/C22H28N4O3/c1-14-15(2)19-17(16(3)18(14)27)6-7-22(4,29-19)20(28)25-10-12-26(13-11-25)21-23-8-5-9-24-21/h5,8-9,27H,6-7,10-13H2,1-4H3. The maximum absolute atomic E-state index is 13.4. The Balaban J connectivity index is 1.50. The highest BCUT2D eigenvalue weighted by Gasteiger charge is 2.43. The van der Waals surface area contributed by atoms with E-state index in [2.05, 4.69) is 14.9 Å². The normalized spacial score (nSPS) is 21.5. The second-order valence-corrected chi connectivity index (χ2v) is 8.19. The molecule has 2 aromatic rings. The Kier molecular flexibility index (Phi) is 4.84. The summed E-state index contributed by atoms with van der Waals surface area (Å²) in [7, 11) is 0. The van der Waals surface area contributed by atoms with Crippen LogP contribution in [0.15, 0.2) is 18.5 Å². The Morgan fingerprint density at radius 1 is 1.07 bits per heavy atom. The minimum absolute atomic E-state index is 0.0274. The predicted molar refractivity (Wildman–Crippen MR) is 110 cm³/mol. The molecule has 0 spiro atoms. The topological polar surface area (TPSA) is 78.8 Å². The maximum atomic E-state index is 13.4. The van der Waals surface area contributed by atoms with Gasteiger partial charge in [-0.3, -0.25) is 4.79 Å². The summed E-state index contributed by atoms with van der Waals surface area (Å²) in [6.45, 7) is 10.3. The van der Waals surface area contributed by atoms with Crippen molar-refractivity contribution in [3.05, 3.63) is 40.7 Å². The van der Waals surface area contributed by atoms with Crippen LogP contribution in [-0.4, -0.2) is 57.7 Å². The van der Waals surface area contributed by atoms with Crippen molar-refractivity contribution in [1.29, 1.82) is 0 Å². The number of hydrogen-bond donors (Lipinski definition) is 1. The lowest BCUT2D eigenvalue weighted by Gasteiger charge is -2.42. The molecule has 29 heavy (non-hydrogen) atoms. The number of ether oxygens (including phenoxy) is 1. The van der Waals surface area contributed by atoms with Gasteiger partial charge in [-0.1, -0.05) is 0 Å². The molecule has 1 amide bonds. The Labute approximate surface area is 171 Å². The van der Waals surface area contributed by atoms with Crippen LogP contribution in [-0.2, 0) is 11.2 Å². The SMILES string of the molecule is Cc1c(C)c2c(c(C)c1O)CCC(C)(C(=O)N1CCN(c3ncccn3)CC1)O2. The lowest BCUT2D eigenvalue weighted by molar-refractivity contribution is -0.148. The van der Waals surface area contributed by atoms with Crippen molar-refractivity contribution in [3.8, 4) is 11.5 Å². The number of carbonyl (C=O) groups is 1. The number of phenolic OH excluding ortho intramolecular Hbond substituents is 1.